The van der Waals surface area contributed by atoms with Crippen molar-refractivity contribution in [3.8, 4) is 0 Å². The summed E-state index contributed by atoms with van der Waals surface area (Å²) in [6, 6.07) is 15.7. The SMILES string of the molecule is CCCOC(=O)C(OC(=O)c1cccc(Br)c1)c1ccccc1. The van der Waals surface area contributed by atoms with Crippen molar-refractivity contribution in [1.29, 1.82) is 0 Å². The maximum atomic E-state index is 12.3. The molecule has 0 amide bonds. The Morgan fingerprint density at radius 2 is 1.83 bits per heavy atom. The van der Waals surface area contributed by atoms with Crippen LogP contribution in [0.5, 0.6) is 0 Å². The molecule has 1 atom stereocenters. The average molecular weight is 377 g/mol. The monoisotopic (exact) mass is 376 g/mol. The second kappa shape index (κ2) is 8.48. The largest absolute Gasteiger partial charge is 0.463 e. The van der Waals surface area contributed by atoms with Crippen LogP contribution in [0.2, 0.25) is 0 Å². The Bertz CT molecular complexity index is 670. The van der Waals surface area contributed by atoms with Gasteiger partial charge in [0.25, 0.3) is 0 Å². The summed E-state index contributed by atoms with van der Waals surface area (Å²) in [5.41, 5.74) is 0.945. The Morgan fingerprint density at radius 1 is 1.09 bits per heavy atom. The average Bonchev–Trinajstić information content (AvgIpc) is 2.58. The van der Waals surface area contributed by atoms with E-state index in [-0.39, 0.29) is 6.61 Å². The van der Waals surface area contributed by atoms with E-state index in [9.17, 15) is 9.59 Å². The molecule has 0 bridgehead atoms. The third kappa shape index (κ3) is 4.93. The van der Waals surface area contributed by atoms with Gasteiger partial charge < -0.3 is 9.47 Å². The highest BCUT2D eigenvalue weighted by Crippen LogP contribution is 2.22. The number of ether oxygens (including phenoxy) is 2. The van der Waals surface area contributed by atoms with Crippen molar-refractivity contribution in [1.82, 2.24) is 0 Å². The molecule has 1 unspecified atom stereocenters. The normalized spacial score (nSPS) is 11.6. The van der Waals surface area contributed by atoms with Gasteiger partial charge in [0, 0.05) is 10.0 Å². The summed E-state index contributed by atoms with van der Waals surface area (Å²) in [5, 5.41) is 0. The van der Waals surface area contributed by atoms with Crippen molar-refractivity contribution in [3.05, 3.63) is 70.2 Å². The summed E-state index contributed by atoms with van der Waals surface area (Å²) in [6.07, 6.45) is -0.374. The lowest BCUT2D eigenvalue weighted by Gasteiger charge is -2.17. The van der Waals surface area contributed by atoms with Gasteiger partial charge in [0.15, 0.2) is 0 Å². The number of benzene rings is 2. The molecule has 0 fully saturated rings. The predicted molar refractivity (Wildman–Crippen MR) is 90.0 cm³/mol. The fraction of sp³-hybridized carbons (Fsp3) is 0.222. The van der Waals surface area contributed by atoms with Gasteiger partial charge in [-0.2, -0.15) is 0 Å². The molecular formula is C18H17BrO4. The molecule has 0 aromatic heterocycles. The van der Waals surface area contributed by atoms with Gasteiger partial charge in [-0.25, -0.2) is 9.59 Å². The maximum Gasteiger partial charge on any atom is 0.352 e. The lowest BCUT2D eigenvalue weighted by atomic mass is 10.1. The summed E-state index contributed by atoms with van der Waals surface area (Å²) in [6.45, 7) is 2.19. The highest BCUT2D eigenvalue weighted by Gasteiger charge is 2.27. The molecule has 0 N–H and O–H groups in total. The van der Waals surface area contributed by atoms with Gasteiger partial charge in [-0.1, -0.05) is 59.3 Å². The van der Waals surface area contributed by atoms with Crippen LogP contribution in [0.15, 0.2) is 59.1 Å². The first-order valence-corrected chi connectivity index (χ1v) is 8.09. The van der Waals surface area contributed by atoms with Crippen LogP contribution in [-0.4, -0.2) is 18.5 Å². The van der Waals surface area contributed by atoms with Crippen molar-refractivity contribution in [2.45, 2.75) is 19.4 Å². The number of esters is 2. The lowest BCUT2D eigenvalue weighted by Crippen LogP contribution is -2.22. The van der Waals surface area contributed by atoms with Crippen molar-refractivity contribution < 1.29 is 19.1 Å². The predicted octanol–water partition coefficient (Wildman–Crippen LogP) is 4.30. The summed E-state index contributed by atoms with van der Waals surface area (Å²) < 4.78 is 11.3. The third-order valence-corrected chi connectivity index (χ3v) is 3.54. The standard InChI is InChI=1S/C18H17BrO4/c1-2-11-22-18(21)16(13-7-4-3-5-8-13)23-17(20)14-9-6-10-15(19)12-14/h3-10,12,16H,2,11H2,1H3. The zero-order chi connectivity index (χ0) is 16.7. The van der Waals surface area contributed by atoms with E-state index in [0.29, 0.717) is 17.5 Å². The second-order valence-corrected chi connectivity index (χ2v) is 5.79. The highest BCUT2D eigenvalue weighted by atomic mass is 79.9. The zero-order valence-electron chi connectivity index (χ0n) is 12.7. The summed E-state index contributed by atoms with van der Waals surface area (Å²) in [7, 11) is 0. The molecule has 0 aliphatic carbocycles. The molecule has 5 heteroatoms. The van der Waals surface area contributed by atoms with Crippen molar-refractivity contribution in [3.63, 3.8) is 0 Å². The smallest absolute Gasteiger partial charge is 0.352 e. The van der Waals surface area contributed by atoms with E-state index >= 15 is 0 Å². The van der Waals surface area contributed by atoms with Crippen molar-refractivity contribution in [2.75, 3.05) is 6.61 Å². The molecular weight excluding hydrogens is 360 g/mol. The van der Waals surface area contributed by atoms with Crippen molar-refractivity contribution >= 4 is 27.9 Å². The van der Waals surface area contributed by atoms with Crippen LogP contribution in [0.25, 0.3) is 0 Å². The second-order valence-electron chi connectivity index (χ2n) is 4.87. The molecule has 0 saturated carbocycles. The van der Waals surface area contributed by atoms with Crippen LogP contribution in [0.4, 0.5) is 0 Å². The first kappa shape index (κ1) is 17.2. The Kier molecular flexibility index (Phi) is 6.35. The van der Waals surface area contributed by atoms with E-state index in [1.165, 1.54) is 0 Å². The van der Waals surface area contributed by atoms with Crippen molar-refractivity contribution in [2.24, 2.45) is 0 Å². The molecule has 0 heterocycles. The van der Waals surface area contributed by atoms with Gasteiger partial charge in [-0.15, -0.1) is 0 Å². The minimum atomic E-state index is -1.07. The molecule has 0 spiro atoms. The first-order valence-electron chi connectivity index (χ1n) is 7.30. The lowest BCUT2D eigenvalue weighted by molar-refractivity contribution is -0.154. The van der Waals surface area contributed by atoms with E-state index < -0.39 is 18.0 Å². The van der Waals surface area contributed by atoms with Crippen LogP contribution >= 0.6 is 15.9 Å². The molecule has 0 saturated heterocycles. The van der Waals surface area contributed by atoms with Gasteiger partial charge in [-0.05, 0) is 24.6 Å². The maximum absolute atomic E-state index is 12.3. The number of carbonyl (C=O) groups is 2. The first-order chi connectivity index (χ1) is 11.1. The Hall–Kier alpha value is -2.14. The highest BCUT2D eigenvalue weighted by molar-refractivity contribution is 9.10. The quantitative estimate of drug-likeness (QED) is 0.705. The number of carbonyl (C=O) groups excluding carboxylic acids is 2. The van der Waals surface area contributed by atoms with Crippen LogP contribution in [0.1, 0.15) is 35.4 Å². The van der Waals surface area contributed by atoms with E-state index in [2.05, 4.69) is 15.9 Å². The fourth-order valence-electron chi connectivity index (χ4n) is 1.95. The van der Waals surface area contributed by atoms with Crippen LogP contribution in [0, 0.1) is 0 Å². The molecule has 2 rings (SSSR count). The number of hydrogen-bond acceptors (Lipinski definition) is 4. The summed E-state index contributed by atoms with van der Waals surface area (Å²) >= 11 is 3.31. The minimum absolute atomic E-state index is 0.288. The third-order valence-electron chi connectivity index (χ3n) is 3.05. The van der Waals surface area contributed by atoms with Crippen LogP contribution in [-0.2, 0) is 14.3 Å². The van der Waals surface area contributed by atoms with Gasteiger partial charge in [0.1, 0.15) is 0 Å². The number of halogens is 1. The van der Waals surface area contributed by atoms with Crippen LogP contribution < -0.4 is 0 Å². The molecule has 23 heavy (non-hydrogen) atoms. The van der Waals surface area contributed by atoms with E-state index in [1.807, 2.05) is 13.0 Å². The molecule has 2 aromatic carbocycles. The van der Waals surface area contributed by atoms with E-state index in [0.717, 1.165) is 4.47 Å². The Labute approximate surface area is 143 Å². The summed E-state index contributed by atoms with van der Waals surface area (Å²) in [4.78, 5) is 24.5. The molecule has 2 aromatic rings. The molecule has 0 radical (unpaired) electrons. The molecule has 120 valence electrons. The molecule has 0 aliphatic heterocycles. The van der Waals surface area contributed by atoms with Gasteiger partial charge in [0.05, 0.1) is 12.2 Å². The van der Waals surface area contributed by atoms with Gasteiger partial charge in [0.2, 0.25) is 6.10 Å². The topological polar surface area (TPSA) is 52.6 Å². The zero-order valence-corrected chi connectivity index (χ0v) is 14.3. The van der Waals surface area contributed by atoms with Gasteiger partial charge >= 0.3 is 11.9 Å². The Balaban J connectivity index is 2.20. The fourth-order valence-corrected chi connectivity index (χ4v) is 2.35. The van der Waals surface area contributed by atoms with E-state index in [4.69, 9.17) is 9.47 Å². The number of rotatable bonds is 6. The summed E-state index contributed by atoms with van der Waals surface area (Å²) in [5.74, 6) is -1.14. The Morgan fingerprint density at radius 3 is 2.48 bits per heavy atom. The van der Waals surface area contributed by atoms with Crippen LogP contribution in [0.3, 0.4) is 0 Å². The molecule has 4 nitrogen and oxygen atoms in total. The molecule has 0 aliphatic rings. The minimum Gasteiger partial charge on any atom is -0.463 e. The van der Waals surface area contributed by atoms with E-state index in [1.54, 1.807) is 48.5 Å². The van der Waals surface area contributed by atoms with Gasteiger partial charge in [-0.3, -0.25) is 0 Å². The number of hydrogen-bond donors (Lipinski definition) is 0.